The lowest BCUT2D eigenvalue weighted by Gasteiger charge is -2.22. The summed E-state index contributed by atoms with van der Waals surface area (Å²) < 4.78 is 0. The Morgan fingerprint density at radius 2 is 1.75 bits per heavy atom. The molecule has 1 aromatic carbocycles. The second kappa shape index (κ2) is 8.29. The Morgan fingerprint density at radius 1 is 1.20 bits per heavy atom. The van der Waals surface area contributed by atoms with E-state index in [0.29, 0.717) is 5.56 Å². The van der Waals surface area contributed by atoms with Crippen LogP contribution in [0.5, 0.6) is 0 Å². The normalized spacial score (nSPS) is 13.8. The molecule has 0 saturated heterocycles. The highest BCUT2D eigenvalue weighted by molar-refractivity contribution is 8.13. The van der Waals surface area contributed by atoms with Gasteiger partial charge in [0, 0.05) is 31.5 Å². The average molecular weight is 297 g/mol. The predicted octanol–water partition coefficient (Wildman–Crippen LogP) is 2.21. The van der Waals surface area contributed by atoms with Gasteiger partial charge in [0.05, 0.1) is 6.10 Å². The maximum atomic E-state index is 10.9. The highest BCUT2D eigenvalue weighted by Crippen LogP contribution is 2.23. The number of carbonyl (C=O) groups excluding carboxylic acids is 1. The molecule has 1 rings (SSSR count). The second-order valence-electron chi connectivity index (χ2n) is 4.58. The molecule has 0 heterocycles. The molecule has 0 bridgehead atoms. The van der Waals surface area contributed by atoms with Gasteiger partial charge in [-0.1, -0.05) is 23.9 Å². The Morgan fingerprint density at radius 3 is 2.20 bits per heavy atom. The number of benzene rings is 1. The van der Waals surface area contributed by atoms with E-state index in [1.165, 1.54) is 6.92 Å². The first-order valence-corrected chi connectivity index (χ1v) is 7.82. The minimum absolute atomic E-state index is 0.0619. The summed E-state index contributed by atoms with van der Waals surface area (Å²) in [5, 5.41) is 19.9. The van der Waals surface area contributed by atoms with E-state index in [0.717, 1.165) is 30.5 Å². The van der Waals surface area contributed by atoms with E-state index < -0.39 is 12.2 Å². The summed E-state index contributed by atoms with van der Waals surface area (Å²) >= 11 is 1.02. The molecule has 5 heteroatoms. The molecule has 0 aromatic heterocycles. The van der Waals surface area contributed by atoms with Crippen molar-refractivity contribution in [3.8, 4) is 0 Å². The van der Waals surface area contributed by atoms with Crippen molar-refractivity contribution in [2.45, 2.75) is 33.0 Å². The third-order valence-electron chi connectivity index (χ3n) is 3.19. The number of carbonyl (C=O) groups is 1. The molecule has 4 nitrogen and oxygen atoms in total. The molecular weight excluding hydrogens is 274 g/mol. The van der Waals surface area contributed by atoms with Gasteiger partial charge in [0.2, 0.25) is 0 Å². The number of aliphatic hydroxyl groups excluding tert-OH is 2. The van der Waals surface area contributed by atoms with E-state index in [9.17, 15) is 15.0 Å². The molecule has 0 saturated carbocycles. The lowest BCUT2D eigenvalue weighted by Crippen LogP contribution is -2.23. The van der Waals surface area contributed by atoms with Crippen molar-refractivity contribution in [2.75, 3.05) is 23.7 Å². The van der Waals surface area contributed by atoms with Crippen LogP contribution >= 0.6 is 11.8 Å². The molecule has 0 aliphatic carbocycles. The minimum Gasteiger partial charge on any atom is -0.389 e. The number of nitrogens with zero attached hydrogens (tertiary/aromatic N) is 1. The fourth-order valence-electron chi connectivity index (χ4n) is 1.99. The molecule has 0 fully saturated rings. The van der Waals surface area contributed by atoms with Crippen LogP contribution in [-0.4, -0.2) is 40.3 Å². The van der Waals surface area contributed by atoms with Crippen molar-refractivity contribution >= 4 is 22.6 Å². The Balaban J connectivity index is 2.69. The second-order valence-corrected chi connectivity index (χ2v) is 5.78. The molecule has 0 radical (unpaired) electrons. The number of rotatable bonds is 7. The first kappa shape index (κ1) is 17.0. The molecule has 112 valence electrons. The van der Waals surface area contributed by atoms with Crippen molar-refractivity contribution in [2.24, 2.45) is 0 Å². The first-order valence-electron chi connectivity index (χ1n) is 6.84. The first-order chi connectivity index (χ1) is 9.49. The van der Waals surface area contributed by atoms with E-state index in [2.05, 4.69) is 18.7 Å². The average Bonchev–Trinajstić information content (AvgIpc) is 2.46. The molecule has 2 atom stereocenters. The van der Waals surface area contributed by atoms with Crippen molar-refractivity contribution in [3.63, 3.8) is 0 Å². The number of anilines is 1. The van der Waals surface area contributed by atoms with Crippen molar-refractivity contribution < 1.29 is 15.0 Å². The largest absolute Gasteiger partial charge is 0.389 e. The Labute approximate surface area is 124 Å². The van der Waals surface area contributed by atoms with Crippen LogP contribution in [-0.2, 0) is 4.79 Å². The van der Waals surface area contributed by atoms with E-state index >= 15 is 0 Å². The van der Waals surface area contributed by atoms with Crippen molar-refractivity contribution in [1.82, 2.24) is 0 Å². The molecule has 0 spiro atoms. The van der Waals surface area contributed by atoms with Gasteiger partial charge in [-0.05, 0) is 31.5 Å². The monoisotopic (exact) mass is 297 g/mol. The number of hydrogen-bond acceptors (Lipinski definition) is 5. The topological polar surface area (TPSA) is 60.8 Å². The van der Waals surface area contributed by atoms with Gasteiger partial charge in [-0.2, -0.15) is 0 Å². The van der Waals surface area contributed by atoms with Gasteiger partial charge in [-0.25, -0.2) is 0 Å². The van der Waals surface area contributed by atoms with Crippen LogP contribution in [0.15, 0.2) is 24.3 Å². The third kappa shape index (κ3) is 4.81. The summed E-state index contributed by atoms with van der Waals surface area (Å²) in [6, 6.07) is 7.52. The van der Waals surface area contributed by atoms with E-state index in [-0.39, 0.29) is 10.9 Å². The van der Waals surface area contributed by atoms with Crippen LogP contribution in [0.1, 0.15) is 32.4 Å². The SMILES string of the molecule is CCN(CC)c1ccc(C(O)C(O)CSC(C)=O)cc1. The van der Waals surface area contributed by atoms with Gasteiger partial charge in [-0.15, -0.1) is 0 Å². The summed E-state index contributed by atoms with van der Waals surface area (Å²) in [4.78, 5) is 13.1. The van der Waals surface area contributed by atoms with Crippen LogP contribution in [0.3, 0.4) is 0 Å². The smallest absolute Gasteiger partial charge is 0.185 e. The molecule has 0 amide bonds. The van der Waals surface area contributed by atoms with Gasteiger partial charge in [-0.3, -0.25) is 4.79 Å². The molecule has 20 heavy (non-hydrogen) atoms. The van der Waals surface area contributed by atoms with Crippen LogP contribution in [0, 0.1) is 0 Å². The van der Waals surface area contributed by atoms with Gasteiger partial charge < -0.3 is 15.1 Å². The molecule has 0 aliphatic rings. The standard InChI is InChI=1S/C15H23NO3S/c1-4-16(5-2)13-8-6-12(7-9-13)15(19)14(18)10-20-11(3)17/h6-9,14-15,18-19H,4-5,10H2,1-3H3. The summed E-state index contributed by atoms with van der Waals surface area (Å²) in [7, 11) is 0. The maximum absolute atomic E-state index is 10.9. The summed E-state index contributed by atoms with van der Waals surface area (Å²) in [6.07, 6.45) is -1.91. The Bertz CT molecular complexity index is 418. The van der Waals surface area contributed by atoms with E-state index in [1.54, 1.807) is 0 Å². The summed E-state index contributed by atoms with van der Waals surface area (Å²) in [6.45, 7) is 7.49. The molecule has 0 aliphatic heterocycles. The zero-order valence-electron chi connectivity index (χ0n) is 12.2. The zero-order valence-corrected chi connectivity index (χ0v) is 13.1. The van der Waals surface area contributed by atoms with Gasteiger partial charge >= 0.3 is 0 Å². The fraction of sp³-hybridized carbons (Fsp3) is 0.533. The van der Waals surface area contributed by atoms with Gasteiger partial charge in [0.15, 0.2) is 5.12 Å². The van der Waals surface area contributed by atoms with E-state index in [4.69, 9.17) is 0 Å². The Kier molecular flexibility index (Phi) is 7.05. The quantitative estimate of drug-likeness (QED) is 0.808. The fourth-order valence-corrected chi connectivity index (χ4v) is 2.57. The lowest BCUT2D eigenvalue weighted by molar-refractivity contribution is -0.109. The molecule has 1 aromatic rings. The molecular formula is C15H23NO3S. The maximum Gasteiger partial charge on any atom is 0.185 e. The van der Waals surface area contributed by atoms with Gasteiger partial charge in [0.25, 0.3) is 0 Å². The van der Waals surface area contributed by atoms with Gasteiger partial charge in [0.1, 0.15) is 6.10 Å². The minimum atomic E-state index is -0.965. The predicted molar refractivity (Wildman–Crippen MR) is 84.1 cm³/mol. The van der Waals surface area contributed by atoms with E-state index in [1.807, 2.05) is 24.3 Å². The zero-order chi connectivity index (χ0) is 15.1. The number of thioether (sulfide) groups is 1. The highest BCUT2D eigenvalue weighted by atomic mass is 32.2. The highest BCUT2D eigenvalue weighted by Gasteiger charge is 2.19. The number of hydrogen-bond donors (Lipinski definition) is 2. The van der Waals surface area contributed by atoms with Crippen molar-refractivity contribution in [1.29, 1.82) is 0 Å². The van der Waals surface area contributed by atoms with Crippen LogP contribution in [0.2, 0.25) is 0 Å². The number of aliphatic hydroxyl groups is 2. The van der Waals surface area contributed by atoms with Crippen LogP contribution in [0.4, 0.5) is 5.69 Å². The lowest BCUT2D eigenvalue weighted by atomic mass is 10.0. The molecule has 2 unspecified atom stereocenters. The van der Waals surface area contributed by atoms with Crippen LogP contribution < -0.4 is 4.90 Å². The third-order valence-corrected chi connectivity index (χ3v) is 4.10. The van der Waals surface area contributed by atoms with Crippen LogP contribution in [0.25, 0.3) is 0 Å². The Hall–Kier alpha value is -1.04. The summed E-state index contributed by atoms with van der Waals surface area (Å²) in [5.41, 5.74) is 1.76. The molecule has 2 N–H and O–H groups in total. The summed E-state index contributed by atoms with van der Waals surface area (Å²) in [5.74, 6) is 0.203. The van der Waals surface area contributed by atoms with Crippen molar-refractivity contribution in [3.05, 3.63) is 29.8 Å².